The number of para-hydroxylation sites is 1. The monoisotopic (exact) mass is 311 g/mol. The largest absolute Gasteiger partial charge is 0.497 e. The summed E-state index contributed by atoms with van der Waals surface area (Å²) in [5.41, 5.74) is 9.72. The zero-order chi connectivity index (χ0) is 16.1. The first-order chi connectivity index (χ1) is 11.3. The second-order valence-corrected chi connectivity index (χ2v) is 5.94. The van der Waals surface area contributed by atoms with Gasteiger partial charge in [0, 0.05) is 45.0 Å². The van der Waals surface area contributed by atoms with E-state index >= 15 is 0 Å². The van der Waals surface area contributed by atoms with Gasteiger partial charge in [0.05, 0.1) is 7.11 Å². The molecule has 0 saturated carbocycles. The molecule has 1 aliphatic rings. The van der Waals surface area contributed by atoms with Crippen LogP contribution in [0, 0.1) is 0 Å². The summed E-state index contributed by atoms with van der Waals surface area (Å²) >= 11 is 0. The lowest BCUT2D eigenvalue weighted by Gasteiger charge is -2.37. The second kappa shape index (κ2) is 7.49. The van der Waals surface area contributed by atoms with E-state index in [-0.39, 0.29) is 0 Å². The first-order valence-electron chi connectivity index (χ1n) is 8.18. The molecule has 1 aliphatic heterocycles. The van der Waals surface area contributed by atoms with Gasteiger partial charge in [-0.05, 0) is 29.3 Å². The first kappa shape index (κ1) is 15.8. The predicted molar refractivity (Wildman–Crippen MR) is 94.8 cm³/mol. The molecule has 1 heterocycles. The molecule has 0 bridgehead atoms. The highest BCUT2D eigenvalue weighted by Crippen LogP contribution is 2.22. The van der Waals surface area contributed by atoms with Crippen LogP contribution in [0.3, 0.4) is 0 Å². The molecule has 2 N–H and O–H groups in total. The van der Waals surface area contributed by atoms with Gasteiger partial charge in [0.1, 0.15) is 5.75 Å². The Hall–Kier alpha value is -2.04. The Morgan fingerprint density at radius 1 is 0.957 bits per heavy atom. The van der Waals surface area contributed by atoms with E-state index in [1.54, 1.807) is 7.11 Å². The van der Waals surface area contributed by atoms with Crippen molar-refractivity contribution >= 4 is 5.69 Å². The molecule has 4 heteroatoms. The molecule has 3 rings (SSSR count). The normalized spacial score (nSPS) is 15.7. The van der Waals surface area contributed by atoms with Gasteiger partial charge in [-0.25, -0.2) is 0 Å². The average molecular weight is 311 g/mol. The summed E-state index contributed by atoms with van der Waals surface area (Å²) in [5, 5.41) is 0. The molecular formula is C19H25N3O. The fourth-order valence-corrected chi connectivity index (χ4v) is 3.13. The van der Waals surface area contributed by atoms with E-state index in [4.69, 9.17) is 10.5 Å². The number of nitrogens with two attached hydrogens (primary N) is 1. The number of anilines is 1. The van der Waals surface area contributed by atoms with E-state index in [9.17, 15) is 0 Å². The van der Waals surface area contributed by atoms with Crippen LogP contribution in [0.1, 0.15) is 11.1 Å². The minimum atomic E-state index is 0.599. The molecule has 2 aromatic carbocycles. The highest BCUT2D eigenvalue weighted by atomic mass is 16.5. The van der Waals surface area contributed by atoms with Gasteiger partial charge in [-0.15, -0.1) is 0 Å². The minimum Gasteiger partial charge on any atom is -0.497 e. The van der Waals surface area contributed by atoms with Crippen molar-refractivity contribution in [2.24, 2.45) is 5.73 Å². The third-order valence-corrected chi connectivity index (χ3v) is 4.49. The van der Waals surface area contributed by atoms with Gasteiger partial charge in [0.25, 0.3) is 0 Å². The number of methoxy groups -OCH3 is 1. The van der Waals surface area contributed by atoms with Crippen molar-refractivity contribution in [2.45, 2.75) is 13.1 Å². The quantitative estimate of drug-likeness (QED) is 0.921. The first-order valence-corrected chi connectivity index (χ1v) is 8.18. The molecule has 0 aromatic heterocycles. The number of rotatable bonds is 5. The maximum absolute atomic E-state index is 5.86. The third-order valence-electron chi connectivity index (χ3n) is 4.49. The number of benzene rings is 2. The van der Waals surface area contributed by atoms with Crippen LogP contribution < -0.4 is 15.4 Å². The van der Waals surface area contributed by atoms with Crippen molar-refractivity contribution in [1.82, 2.24) is 4.90 Å². The molecule has 1 fully saturated rings. The van der Waals surface area contributed by atoms with Crippen LogP contribution in [-0.2, 0) is 13.1 Å². The van der Waals surface area contributed by atoms with Gasteiger partial charge >= 0.3 is 0 Å². The third kappa shape index (κ3) is 3.84. The minimum absolute atomic E-state index is 0.599. The van der Waals surface area contributed by atoms with E-state index in [2.05, 4.69) is 46.2 Å². The van der Waals surface area contributed by atoms with Crippen molar-refractivity contribution in [2.75, 3.05) is 38.2 Å². The molecule has 1 saturated heterocycles. The molecular weight excluding hydrogens is 286 g/mol. The molecule has 0 spiro atoms. The summed E-state index contributed by atoms with van der Waals surface area (Å²) in [7, 11) is 1.70. The summed E-state index contributed by atoms with van der Waals surface area (Å²) in [6.45, 7) is 5.84. The summed E-state index contributed by atoms with van der Waals surface area (Å²) in [4.78, 5) is 4.95. The summed E-state index contributed by atoms with van der Waals surface area (Å²) in [6.07, 6.45) is 0. The van der Waals surface area contributed by atoms with Crippen LogP contribution in [0.4, 0.5) is 5.69 Å². The number of ether oxygens (including phenoxy) is 1. The van der Waals surface area contributed by atoms with Crippen LogP contribution in [0.25, 0.3) is 0 Å². The Morgan fingerprint density at radius 3 is 2.30 bits per heavy atom. The highest BCUT2D eigenvalue weighted by Gasteiger charge is 2.18. The number of hydrogen-bond donors (Lipinski definition) is 1. The van der Waals surface area contributed by atoms with Crippen LogP contribution in [0.2, 0.25) is 0 Å². The van der Waals surface area contributed by atoms with Crippen molar-refractivity contribution in [3.05, 3.63) is 59.7 Å². The predicted octanol–water partition coefficient (Wildman–Crippen LogP) is 2.48. The number of hydrogen-bond acceptors (Lipinski definition) is 4. The molecule has 0 aliphatic carbocycles. The lowest BCUT2D eigenvalue weighted by molar-refractivity contribution is 0.249. The van der Waals surface area contributed by atoms with E-state index in [1.165, 1.54) is 16.8 Å². The van der Waals surface area contributed by atoms with Gasteiger partial charge < -0.3 is 15.4 Å². The Balaban J connectivity index is 1.57. The fourth-order valence-electron chi connectivity index (χ4n) is 3.13. The zero-order valence-corrected chi connectivity index (χ0v) is 13.7. The van der Waals surface area contributed by atoms with Crippen molar-refractivity contribution in [3.8, 4) is 5.75 Å². The Kier molecular flexibility index (Phi) is 5.16. The molecule has 122 valence electrons. The zero-order valence-electron chi connectivity index (χ0n) is 13.7. The molecule has 0 unspecified atom stereocenters. The van der Waals surface area contributed by atoms with Crippen LogP contribution >= 0.6 is 0 Å². The topological polar surface area (TPSA) is 41.7 Å². The number of nitrogens with zero attached hydrogens (tertiary/aromatic N) is 2. The van der Waals surface area contributed by atoms with Crippen molar-refractivity contribution < 1.29 is 4.74 Å². The van der Waals surface area contributed by atoms with Crippen LogP contribution in [0.5, 0.6) is 5.75 Å². The van der Waals surface area contributed by atoms with Crippen molar-refractivity contribution in [3.63, 3.8) is 0 Å². The maximum Gasteiger partial charge on any atom is 0.118 e. The molecule has 2 aromatic rings. The second-order valence-electron chi connectivity index (χ2n) is 5.94. The van der Waals surface area contributed by atoms with Gasteiger partial charge in [-0.1, -0.05) is 30.3 Å². The smallest absolute Gasteiger partial charge is 0.118 e. The number of piperazine rings is 1. The Bertz CT molecular complexity index is 619. The summed E-state index contributed by atoms with van der Waals surface area (Å²) < 4.78 is 5.21. The van der Waals surface area contributed by atoms with Gasteiger partial charge in [-0.3, -0.25) is 4.90 Å². The highest BCUT2D eigenvalue weighted by molar-refractivity contribution is 5.54. The lowest BCUT2D eigenvalue weighted by Crippen LogP contribution is -2.46. The Labute approximate surface area is 138 Å². The van der Waals surface area contributed by atoms with Crippen molar-refractivity contribution in [1.29, 1.82) is 0 Å². The fraction of sp³-hybridized carbons (Fsp3) is 0.368. The summed E-state index contributed by atoms with van der Waals surface area (Å²) in [6, 6.07) is 16.8. The van der Waals surface area contributed by atoms with E-state index in [0.717, 1.165) is 38.5 Å². The maximum atomic E-state index is 5.86. The van der Waals surface area contributed by atoms with E-state index in [0.29, 0.717) is 6.54 Å². The van der Waals surface area contributed by atoms with E-state index in [1.807, 2.05) is 12.1 Å². The Morgan fingerprint density at radius 2 is 1.65 bits per heavy atom. The standard InChI is InChI=1S/C19H25N3O/c1-23-18-8-6-16(7-9-18)15-21-10-12-22(13-11-21)19-5-3-2-4-17(19)14-20/h2-9H,10-15,20H2,1H3. The van der Waals surface area contributed by atoms with Crippen LogP contribution in [0.15, 0.2) is 48.5 Å². The average Bonchev–Trinajstić information content (AvgIpc) is 2.63. The van der Waals surface area contributed by atoms with Gasteiger partial charge in [0.2, 0.25) is 0 Å². The van der Waals surface area contributed by atoms with E-state index < -0.39 is 0 Å². The molecule has 0 atom stereocenters. The lowest BCUT2D eigenvalue weighted by atomic mass is 10.1. The molecule has 4 nitrogen and oxygen atoms in total. The van der Waals surface area contributed by atoms with Gasteiger partial charge in [-0.2, -0.15) is 0 Å². The van der Waals surface area contributed by atoms with Gasteiger partial charge in [0.15, 0.2) is 0 Å². The molecule has 0 amide bonds. The SMILES string of the molecule is COc1ccc(CN2CCN(c3ccccc3CN)CC2)cc1. The molecule has 23 heavy (non-hydrogen) atoms. The summed E-state index contributed by atoms with van der Waals surface area (Å²) in [5.74, 6) is 0.914. The molecule has 0 radical (unpaired) electrons. The van der Waals surface area contributed by atoms with Crippen LogP contribution in [-0.4, -0.2) is 38.2 Å².